The van der Waals surface area contributed by atoms with Crippen molar-refractivity contribution in [2.45, 2.75) is 0 Å². The lowest BCUT2D eigenvalue weighted by atomic mass is 9.94. The number of rotatable bonds is 8. The van der Waals surface area contributed by atoms with Crippen molar-refractivity contribution in [1.29, 1.82) is 0 Å². The zero-order chi connectivity index (χ0) is 39.8. The molecule has 10 aromatic carbocycles. The third-order valence-electron chi connectivity index (χ3n) is 11.8. The molecule has 1 heterocycles. The van der Waals surface area contributed by atoms with E-state index in [4.69, 9.17) is 0 Å². The summed E-state index contributed by atoms with van der Waals surface area (Å²) in [5.74, 6) is 0. The summed E-state index contributed by atoms with van der Waals surface area (Å²) >= 11 is 0. The van der Waals surface area contributed by atoms with Gasteiger partial charge in [0.15, 0.2) is 0 Å². The van der Waals surface area contributed by atoms with Crippen molar-refractivity contribution < 1.29 is 0 Å². The first-order valence-electron chi connectivity index (χ1n) is 20.6. The van der Waals surface area contributed by atoms with Crippen LogP contribution in [0.15, 0.2) is 243 Å². The summed E-state index contributed by atoms with van der Waals surface area (Å²) in [6.07, 6.45) is 0. The van der Waals surface area contributed by atoms with Gasteiger partial charge in [-0.2, -0.15) is 0 Å². The smallest absolute Gasteiger partial charge is 0.0547 e. The number of aromatic nitrogens is 1. The summed E-state index contributed by atoms with van der Waals surface area (Å²) in [7, 11) is 0. The number of anilines is 3. The molecule has 2 nitrogen and oxygen atoms in total. The molecular weight excluding hydrogens is 725 g/mol. The normalized spacial score (nSPS) is 11.3. The van der Waals surface area contributed by atoms with Gasteiger partial charge in [0, 0.05) is 33.2 Å². The quantitative estimate of drug-likeness (QED) is 0.150. The topological polar surface area (TPSA) is 8.17 Å². The van der Waals surface area contributed by atoms with Crippen LogP contribution in [0.3, 0.4) is 0 Å². The zero-order valence-corrected chi connectivity index (χ0v) is 33.0. The number of para-hydroxylation sites is 1. The monoisotopic (exact) mass is 764 g/mol. The van der Waals surface area contributed by atoms with Gasteiger partial charge in [0.1, 0.15) is 0 Å². The van der Waals surface area contributed by atoms with Crippen molar-refractivity contribution in [3.8, 4) is 50.2 Å². The molecule has 0 N–H and O–H groups in total. The van der Waals surface area contributed by atoms with Crippen molar-refractivity contribution in [3.63, 3.8) is 0 Å². The Morgan fingerprint density at radius 3 is 1.57 bits per heavy atom. The van der Waals surface area contributed by atoms with Crippen molar-refractivity contribution in [3.05, 3.63) is 243 Å². The average Bonchev–Trinajstić information content (AvgIpc) is 3.66. The van der Waals surface area contributed by atoms with Crippen LogP contribution in [0.5, 0.6) is 0 Å². The summed E-state index contributed by atoms with van der Waals surface area (Å²) in [5, 5.41) is 4.90. The second kappa shape index (κ2) is 15.1. The highest BCUT2D eigenvalue weighted by Crippen LogP contribution is 2.42. The Bertz CT molecular complexity index is 3280. The molecule has 0 saturated carbocycles. The van der Waals surface area contributed by atoms with Gasteiger partial charge in [0.2, 0.25) is 0 Å². The van der Waals surface area contributed by atoms with E-state index in [1.54, 1.807) is 0 Å². The van der Waals surface area contributed by atoms with Crippen LogP contribution >= 0.6 is 0 Å². The van der Waals surface area contributed by atoms with Crippen LogP contribution in [0.1, 0.15) is 0 Å². The van der Waals surface area contributed by atoms with E-state index >= 15 is 0 Å². The van der Waals surface area contributed by atoms with Crippen LogP contribution in [0.2, 0.25) is 0 Å². The standard InChI is InChI=1S/C58H40N2/c1-3-15-41(16-4-1)42-29-34-48(35-30-42)59(56-28-14-20-44-19-7-8-25-53(44)56)50-22-13-21-46(39-50)47-33-38-55-54-26-11-12-27-57(54)60(58(55)40-47)49-36-31-45(32-37-49)52-24-10-9-23-51(52)43-17-5-2-6-18-43/h1-40H. The van der Waals surface area contributed by atoms with Crippen LogP contribution in [0.4, 0.5) is 17.1 Å². The Labute approximate surface area is 350 Å². The molecule has 0 radical (unpaired) electrons. The van der Waals surface area contributed by atoms with E-state index in [1.165, 1.54) is 71.5 Å². The SMILES string of the molecule is c1ccc(-c2ccc(N(c3cccc(-c4ccc5c6ccccc6n(-c6ccc(-c7ccccc7-c7ccccc7)cc6)c5c4)c3)c3cccc4ccccc34)cc2)cc1. The van der Waals surface area contributed by atoms with Gasteiger partial charge in [-0.25, -0.2) is 0 Å². The molecule has 1 aromatic heterocycles. The largest absolute Gasteiger partial charge is 0.310 e. The molecule has 11 rings (SSSR count). The number of nitrogens with zero attached hydrogens (tertiary/aromatic N) is 2. The molecule has 0 spiro atoms. The van der Waals surface area contributed by atoms with Crippen molar-refractivity contribution in [2.75, 3.05) is 4.90 Å². The van der Waals surface area contributed by atoms with E-state index in [1.807, 2.05) is 0 Å². The number of hydrogen-bond donors (Lipinski definition) is 0. The molecular formula is C58H40N2. The average molecular weight is 765 g/mol. The molecule has 0 aliphatic heterocycles. The van der Waals surface area contributed by atoms with Gasteiger partial charge in [-0.1, -0.05) is 188 Å². The molecule has 11 aromatic rings. The minimum atomic E-state index is 1.10. The molecule has 282 valence electrons. The lowest BCUT2D eigenvalue weighted by Gasteiger charge is -2.27. The van der Waals surface area contributed by atoms with E-state index in [-0.39, 0.29) is 0 Å². The van der Waals surface area contributed by atoms with Crippen LogP contribution in [0, 0.1) is 0 Å². The highest BCUT2D eigenvalue weighted by Gasteiger charge is 2.18. The number of hydrogen-bond acceptors (Lipinski definition) is 1. The molecule has 60 heavy (non-hydrogen) atoms. The van der Waals surface area contributed by atoms with Crippen LogP contribution in [-0.2, 0) is 0 Å². The van der Waals surface area contributed by atoms with Gasteiger partial charge >= 0.3 is 0 Å². The molecule has 0 aliphatic carbocycles. The van der Waals surface area contributed by atoms with Gasteiger partial charge in [-0.3, -0.25) is 0 Å². The predicted molar refractivity (Wildman–Crippen MR) is 255 cm³/mol. The van der Waals surface area contributed by atoms with Gasteiger partial charge in [-0.15, -0.1) is 0 Å². The molecule has 2 heteroatoms. The van der Waals surface area contributed by atoms with E-state index in [0.29, 0.717) is 0 Å². The fraction of sp³-hybridized carbons (Fsp3) is 0. The number of fused-ring (bicyclic) bond motifs is 4. The van der Waals surface area contributed by atoms with Crippen LogP contribution in [-0.4, -0.2) is 4.57 Å². The summed E-state index contributed by atoms with van der Waals surface area (Å²) in [5.41, 5.74) is 16.5. The zero-order valence-electron chi connectivity index (χ0n) is 33.0. The summed E-state index contributed by atoms with van der Waals surface area (Å²) < 4.78 is 2.42. The highest BCUT2D eigenvalue weighted by molar-refractivity contribution is 6.10. The Kier molecular flexibility index (Phi) is 8.87. The molecule has 0 bridgehead atoms. The molecule has 0 saturated heterocycles. The van der Waals surface area contributed by atoms with Gasteiger partial charge in [0.05, 0.1) is 16.7 Å². The molecule has 0 amide bonds. The molecule has 0 fully saturated rings. The summed E-state index contributed by atoms with van der Waals surface area (Å²) in [6.45, 7) is 0. The van der Waals surface area contributed by atoms with Gasteiger partial charge in [0.25, 0.3) is 0 Å². The first kappa shape index (κ1) is 35.2. The molecule has 0 unspecified atom stereocenters. The van der Waals surface area contributed by atoms with Gasteiger partial charge < -0.3 is 9.47 Å². The number of benzene rings is 10. The fourth-order valence-electron chi connectivity index (χ4n) is 8.91. The van der Waals surface area contributed by atoms with Gasteiger partial charge in [-0.05, 0) is 104 Å². The maximum Gasteiger partial charge on any atom is 0.0547 e. The van der Waals surface area contributed by atoms with Crippen molar-refractivity contribution in [1.82, 2.24) is 4.57 Å². The molecule has 0 aliphatic rings. The van der Waals surface area contributed by atoms with E-state index in [9.17, 15) is 0 Å². The Balaban J connectivity index is 1.02. The lowest BCUT2D eigenvalue weighted by Crippen LogP contribution is -2.10. The van der Waals surface area contributed by atoms with E-state index in [0.717, 1.165) is 28.3 Å². The lowest BCUT2D eigenvalue weighted by molar-refractivity contribution is 1.18. The van der Waals surface area contributed by atoms with Crippen LogP contribution in [0.25, 0.3) is 82.8 Å². The summed E-state index contributed by atoms with van der Waals surface area (Å²) in [6, 6.07) is 87.8. The minimum Gasteiger partial charge on any atom is -0.310 e. The minimum absolute atomic E-state index is 1.10. The maximum absolute atomic E-state index is 2.42. The second-order valence-electron chi connectivity index (χ2n) is 15.3. The maximum atomic E-state index is 2.42. The summed E-state index contributed by atoms with van der Waals surface area (Å²) in [4.78, 5) is 2.40. The third-order valence-corrected chi connectivity index (χ3v) is 11.8. The first-order chi connectivity index (χ1) is 29.8. The van der Waals surface area contributed by atoms with Crippen molar-refractivity contribution in [2.24, 2.45) is 0 Å². The Hall–Kier alpha value is -7.94. The van der Waals surface area contributed by atoms with E-state index in [2.05, 4.69) is 252 Å². The Morgan fingerprint density at radius 2 is 0.800 bits per heavy atom. The van der Waals surface area contributed by atoms with E-state index < -0.39 is 0 Å². The molecule has 0 atom stereocenters. The third kappa shape index (κ3) is 6.32. The van der Waals surface area contributed by atoms with Crippen molar-refractivity contribution >= 4 is 49.6 Å². The Morgan fingerprint density at radius 1 is 0.283 bits per heavy atom. The fourth-order valence-corrected chi connectivity index (χ4v) is 8.91. The first-order valence-corrected chi connectivity index (χ1v) is 20.6. The van der Waals surface area contributed by atoms with Crippen LogP contribution < -0.4 is 4.90 Å². The predicted octanol–water partition coefficient (Wildman–Crippen LogP) is 16.1. The highest BCUT2D eigenvalue weighted by atomic mass is 15.1. The second-order valence-corrected chi connectivity index (χ2v) is 15.3.